The van der Waals surface area contributed by atoms with E-state index in [0.717, 1.165) is 0 Å². The van der Waals surface area contributed by atoms with E-state index in [1.165, 1.54) is 6.92 Å². The van der Waals surface area contributed by atoms with E-state index in [1.807, 2.05) is 0 Å². The molecule has 0 rings (SSSR count). The van der Waals surface area contributed by atoms with E-state index >= 15 is 0 Å². The molecule has 0 aromatic heterocycles. The quantitative estimate of drug-likeness (QED) is 0.611. The number of hydrogen-bond acceptors (Lipinski definition) is 3. The van der Waals surface area contributed by atoms with Crippen molar-refractivity contribution in [3.63, 3.8) is 0 Å². The fourth-order valence-electron chi connectivity index (χ4n) is 0.0913. The van der Waals surface area contributed by atoms with Gasteiger partial charge in [-0.1, -0.05) is 6.92 Å². The average Bonchev–Trinajstić information content (AvgIpc) is 1.88. The van der Waals surface area contributed by atoms with Crippen LogP contribution in [0.3, 0.4) is 0 Å². The predicted molar refractivity (Wildman–Crippen MR) is 37.1 cm³/mol. The molecule has 0 aliphatic carbocycles. The Bertz CT molecular complexity index is 102. The van der Waals surface area contributed by atoms with Gasteiger partial charge in [-0.2, -0.15) is 5.26 Å². The molecule has 0 radical (unpaired) electrons. The second-order valence-electron chi connectivity index (χ2n) is 1.08. The first-order chi connectivity index (χ1) is 4.22. The number of aliphatic hydroxyl groups excluding tert-OH is 1. The van der Waals surface area contributed by atoms with Gasteiger partial charge in [-0.3, -0.25) is 4.21 Å². The highest BCUT2D eigenvalue weighted by Gasteiger charge is 1.84. The third-order valence-corrected chi connectivity index (χ3v) is 1.40. The molecule has 0 saturated heterocycles. The molecule has 0 heterocycles. The van der Waals surface area contributed by atoms with Gasteiger partial charge in [0, 0.05) is 23.5 Å². The van der Waals surface area contributed by atoms with E-state index in [-0.39, 0.29) is 5.94 Å². The first-order valence-corrected chi connectivity index (χ1v) is 3.98. The lowest BCUT2D eigenvalue weighted by Crippen LogP contribution is -1.96. The molecule has 0 aliphatic rings. The predicted octanol–water partition coefficient (Wildman–Crippen LogP) is 0.235. The fraction of sp³-hybridized carbons (Fsp3) is 0.800. The fourth-order valence-corrected chi connectivity index (χ4v) is 0.274. The third-order valence-electron chi connectivity index (χ3n) is 0.466. The van der Waals surface area contributed by atoms with E-state index in [4.69, 9.17) is 10.4 Å². The molecule has 1 N–H and O–H groups in total. The van der Waals surface area contributed by atoms with Crippen molar-refractivity contribution < 1.29 is 9.32 Å². The van der Waals surface area contributed by atoms with Gasteiger partial charge in [0.2, 0.25) is 0 Å². The second-order valence-corrected chi connectivity index (χ2v) is 2.80. The lowest BCUT2D eigenvalue weighted by atomic mass is 11.0. The van der Waals surface area contributed by atoms with Crippen LogP contribution in [0.15, 0.2) is 0 Å². The standard InChI is InChI=1S/C3H8O2S.C2H3N/c1-2-6(5)3-4;1-2-3/h4H,2-3H2,1H3;1H3. The lowest BCUT2D eigenvalue weighted by molar-refractivity contribution is 0.368. The molecule has 0 fully saturated rings. The maximum Gasteiger partial charge on any atom is 0.118 e. The molecule has 9 heavy (non-hydrogen) atoms. The van der Waals surface area contributed by atoms with Crippen LogP contribution in [0.5, 0.6) is 0 Å². The smallest absolute Gasteiger partial charge is 0.118 e. The summed E-state index contributed by atoms with van der Waals surface area (Å²) in [6.45, 7) is 3.20. The van der Waals surface area contributed by atoms with E-state index in [0.29, 0.717) is 5.75 Å². The van der Waals surface area contributed by atoms with Crippen molar-refractivity contribution in [3.8, 4) is 6.07 Å². The van der Waals surface area contributed by atoms with Crippen LogP contribution in [0, 0.1) is 11.3 Å². The molecule has 4 heteroatoms. The van der Waals surface area contributed by atoms with Crippen LogP contribution in [-0.2, 0) is 10.8 Å². The Morgan fingerprint density at radius 3 is 2.11 bits per heavy atom. The summed E-state index contributed by atoms with van der Waals surface area (Å²) in [6.07, 6.45) is 0. The molecular formula is C5H11NO2S. The Balaban J connectivity index is 0. The van der Waals surface area contributed by atoms with Crippen molar-refractivity contribution >= 4 is 10.8 Å². The molecule has 0 aromatic rings. The van der Waals surface area contributed by atoms with Crippen molar-refractivity contribution in [1.29, 1.82) is 5.26 Å². The summed E-state index contributed by atoms with van der Waals surface area (Å²) in [5, 5.41) is 15.4. The second kappa shape index (κ2) is 10.6. The summed E-state index contributed by atoms with van der Waals surface area (Å²) in [4.78, 5) is 0. The summed E-state index contributed by atoms with van der Waals surface area (Å²) < 4.78 is 10.0. The Morgan fingerprint density at radius 1 is 1.78 bits per heavy atom. The van der Waals surface area contributed by atoms with Gasteiger partial charge in [0.05, 0.1) is 6.07 Å². The average molecular weight is 149 g/mol. The largest absolute Gasteiger partial charge is 0.383 e. The Morgan fingerprint density at radius 2 is 2.11 bits per heavy atom. The molecule has 0 amide bonds. The molecule has 0 aromatic carbocycles. The van der Waals surface area contributed by atoms with Crippen molar-refractivity contribution in [3.05, 3.63) is 0 Å². The molecule has 54 valence electrons. The molecule has 0 aliphatic heterocycles. The molecule has 3 nitrogen and oxygen atoms in total. The van der Waals surface area contributed by atoms with Gasteiger partial charge in [-0.05, 0) is 0 Å². The summed E-state index contributed by atoms with van der Waals surface area (Å²) in [5.41, 5.74) is 0. The zero-order valence-electron chi connectivity index (χ0n) is 5.63. The van der Waals surface area contributed by atoms with Crippen molar-refractivity contribution in [2.45, 2.75) is 13.8 Å². The van der Waals surface area contributed by atoms with Crippen molar-refractivity contribution in [1.82, 2.24) is 0 Å². The van der Waals surface area contributed by atoms with Gasteiger partial charge in [0.1, 0.15) is 5.94 Å². The third kappa shape index (κ3) is 18.4. The SMILES string of the molecule is CC#N.CCS(=O)CO. The lowest BCUT2D eigenvalue weighted by Gasteiger charge is -1.83. The minimum Gasteiger partial charge on any atom is -0.383 e. The number of aliphatic hydroxyl groups is 1. The molecular weight excluding hydrogens is 138 g/mol. The topological polar surface area (TPSA) is 61.1 Å². The first kappa shape index (κ1) is 11.4. The van der Waals surface area contributed by atoms with E-state index in [2.05, 4.69) is 0 Å². The van der Waals surface area contributed by atoms with Crippen LogP contribution in [0.25, 0.3) is 0 Å². The normalized spacial score (nSPS) is 10.4. The van der Waals surface area contributed by atoms with Gasteiger partial charge in [-0.25, -0.2) is 0 Å². The van der Waals surface area contributed by atoms with Crippen LogP contribution < -0.4 is 0 Å². The van der Waals surface area contributed by atoms with E-state index < -0.39 is 10.8 Å². The van der Waals surface area contributed by atoms with Crippen LogP contribution in [0.1, 0.15) is 13.8 Å². The molecule has 1 unspecified atom stereocenters. The summed E-state index contributed by atoms with van der Waals surface area (Å²) in [6, 6.07) is 1.75. The van der Waals surface area contributed by atoms with Gasteiger partial charge in [0.25, 0.3) is 0 Å². The number of nitriles is 1. The zero-order chi connectivity index (χ0) is 7.70. The van der Waals surface area contributed by atoms with Gasteiger partial charge in [-0.15, -0.1) is 0 Å². The minimum absolute atomic E-state index is 0.198. The van der Waals surface area contributed by atoms with Gasteiger partial charge in [0.15, 0.2) is 0 Å². The monoisotopic (exact) mass is 149 g/mol. The van der Waals surface area contributed by atoms with Crippen LogP contribution in [-0.4, -0.2) is 21.0 Å². The zero-order valence-corrected chi connectivity index (χ0v) is 6.44. The molecule has 0 saturated carbocycles. The number of nitrogens with zero attached hydrogens (tertiary/aromatic N) is 1. The van der Waals surface area contributed by atoms with Crippen LogP contribution in [0.4, 0.5) is 0 Å². The summed E-state index contributed by atoms with van der Waals surface area (Å²) in [7, 11) is -0.978. The Labute approximate surface area is 57.8 Å². The molecule has 0 bridgehead atoms. The molecule has 0 spiro atoms. The first-order valence-electron chi connectivity index (χ1n) is 2.49. The van der Waals surface area contributed by atoms with Gasteiger partial charge < -0.3 is 5.11 Å². The van der Waals surface area contributed by atoms with Crippen molar-refractivity contribution in [2.75, 3.05) is 11.7 Å². The maximum absolute atomic E-state index is 10.0. The van der Waals surface area contributed by atoms with E-state index in [9.17, 15) is 4.21 Å². The molecule has 1 atom stereocenters. The highest BCUT2D eigenvalue weighted by molar-refractivity contribution is 7.84. The summed E-state index contributed by atoms with van der Waals surface area (Å²) >= 11 is 0. The number of hydrogen-bond donors (Lipinski definition) is 1. The Hall–Kier alpha value is -0.400. The maximum atomic E-state index is 10.0. The summed E-state index contributed by atoms with van der Waals surface area (Å²) in [5.74, 6) is 0.354. The van der Waals surface area contributed by atoms with Gasteiger partial charge >= 0.3 is 0 Å². The van der Waals surface area contributed by atoms with Crippen LogP contribution >= 0.6 is 0 Å². The number of rotatable bonds is 2. The Kier molecular flexibility index (Phi) is 13.4. The minimum atomic E-state index is -0.978. The highest BCUT2D eigenvalue weighted by Crippen LogP contribution is 1.72. The van der Waals surface area contributed by atoms with Crippen molar-refractivity contribution in [2.24, 2.45) is 0 Å². The van der Waals surface area contributed by atoms with Crippen LogP contribution in [0.2, 0.25) is 0 Å². The van der Waals surface area contributed by atoms with E-state index in [1.54, 1.807) is 13.0 Å². The highest BCUT2D eigenvalue weighted by atomic mass is 32.2.